The van der Waals surface area contributed by atoms with Crippen molar-refractivity contribution in [2.45, 2.75) is 6.36 Å². The normalized spacial score (nSPS) is 11.2. The predicted molar refractivity (Wildman–Crippen MR) is 104 cm³/mol. The zero-order valence-corrected chi connectivity index (χ0v) is 15.9. The first-order valence-corrected chi connectivity index (χ1v) is 8.89. The number of anilines is 1. The topological polar surface area (TPSA) is 91.4 Å². The molecule has 1 amide bonds. The molecule has 3 N–H and O–H groups in total. The molecule has 0 saturated heterocycles. The molecule has 0 unspecified atom stereocenters. The van der Waals surface area contributed by atoms with Gasteiger partial charge in [0.1, 0.15) is 18.1 Å². The number of ether oxygens (including phenoxy) is 2. The Hall–Kier alpha value is -3.53. The molecule has 1 aromatic heterocycles. The average Bonchev–Trinajstić information content (AvgIpc) is 3.12. The number of aromatic nitrogens is 2. The van der Waals surface area contributed by atoms with Gasteiger partial charge in [-0.2, -0.15) is 5.10 Å². The third-order valence-electron chi connectivity index (χ3n) is 4.06. The number of nitrogens with zero attached hydrogens (tertiary/aromatic N) is 2. The van der Waals surface area contributed by atoms with E-state index in [-0.39, 0.29) is 5.56 Å². The lowest BCUT2D eigenvalue weighted by molar-refractivity contribution is -0.274. The predicted octanol–water partition coefficient (Wildman–Crippen LogP) is 3.58. The van der Waals surface area contributed by atoms with Gasteiger partial charge in [0.05, 0.1) is 5.69 Å². The number of alkyl halides is 3. The van der Waals surface area contributed by atoms with Gasteiger partial charge in [-0.25, -0.2) is 0 Å². The van der Waals surface area contributed by atoms with E-state index in [0.717, 1.165) is 17.8 Å². The second-order valence-corrected chi connectivity index (χ2v) is 6.21. The van der Waals surface area contributed by atoms with Gasteiger partial charge in [0.2, 0.25) is 0 Å². The number of amides is 1. The first kappa shape index (κ1) is 21.2. The third kappa shape index (κ3) is 5.29. The van der Waals surface area contributed by atoms with Crippen LogP contribution in [-0.4, -0.2) is 35.2 Å². The highest BCUT2D eigenvalue weighted by Gasteiger charge is 2.31. The largest absolute Gasteiger partial charge is 0.573 e. The van der Waals surface area contributed by atoms with Gasteiger partial charge in [0.25, 0.3) is 5.91 Å². The van der Waals surface area contributed by atoms with Crippen LogP contribution in [0.15, 0.2) is 54.7 Å². The van der Waals surface area contributed by atoms with Crippen molar-refractivity contribution in [1.29, 1.82) is 0 Å². The summed E-state index contributed by atoms with van der Waals surface area (Å²) in [5.41, 5.74) is 7.64. The summed E-state index contributed by atoms with van der Waals surface area (Å²) in [6.45, 7) is 0.667. The van der Waals surface area contributed by atoms with Crippen molar-refractivity contribution in [1.82, 2.24) is 9.78 Å². The number of halogens is 3. The molecule has 10 heteroatoms. The fraction of sp³-hybridized carbons (Fsp3) is 0.200. The van der Waals surface area contributed by atoms with Crippen molar-refractivity contribution in [2.24, 2.45) is 12.8 Å². The van der Waals surface area contributed by atoms with E-state index >= 15 is 0 Å². The summed E-state index contributed by atoms with van der Waals surface area (Å²) in [5.74, 6) is -0.310. The number of nitrogens with one attached hydrogen (secondary N) is 1. The Balaban J connectivity index is 1.80. The van der Waals surface area contributed by atoms with Gasteiger partial charge in [-0.3, -0.25) is 9.48 Å². The lowest BCUT2D eigenvalue weighted by Gasteiger charge is -2.14. The molecule has 1 heterocycles. The minimum absolute atomic E-state index is 0.176. The summed E-state index contributed by atoms with van der Waals surface area (Å²) >= 11 is 0. The molecule has 30 heavy (non-hydrogen) atoms. The summed E-state index contributed by atoms with van der Waals surface area (Å²) in [7, 11) is 1.78. The van der Waals surface area contributed by atoms with E-state index < -0.39 is 18.0 Å². The minimum Gasteiger partial charge on any atom is -0.492 e. The molecule has 0 fully saturated rings. The number of rotatable bonds is 7. The van der Waals surface area contributed by atoms with E-state index in [1.54, 1.807) is 42.2 Å². The molecule has 7 nitrogen and oxygen atoms in total. The van der Waals surface area contributed by atoms with Crippen molar-refractivity contribution in [3.63, 3.8) is 0 Å². The van der Waals surface area contributed by atoms with E-state index in [1.807, 2.05) is 0 Å². The highest BCUT2D eigenvalue weighted by Crippen LogP contribution is 2.32. The van der Waals surface area contributed by atoms with Crippen molar-refractivity contribution in [3.8, 4) is 22.8 Å². The van der Waals surface area contributed by atoms with Crippen molar-refractivity contribution >= 4 is 11.6 Å². The molecule has 0 saturated carbocycles. The first-order valence-electron chi connectivity index (χ1n) is 8.89. The molecule has 0 atom stereocenters. The molecule has 0 radical (unpaired) electrons. The lowest BCUT2D eigenvalue weighted by atomic mass is 10.1. The van der Waals surface area contributed by atoms with Crippen molar-refractivity contribution in [2.75, 3.05) is 18.5 Å². The zero-order chi connectivity index (χ0) is 21.7. The maximum absolute atomic E-state index is 12.5. The number of nitrogens with two attached hydrogens (primary N) is 1. The standard InChI is InChI=1S/C20H19F3N4O3/c1-27-17(8-10-25-27)16-12-14(4-7-18(16)29-11-9-24)26-19(28)13-2-5-15(6-3-13)30-20(21,22)23/h2-8,10,12H,9,11,24H2,1H3,(H,26,28). The van der Waals surface area contributed by atoms with E-state index in [2.05, 4.69) is 15.2 Å². The van der Waals surface area contributed by atoms with Crippen LogP contribution < -0.4 is 20.5 Å². The van der Waals surface area contributed by atoms with E-state index in [0.29, 0.717) is 30.2 Å². The molecule has 3 rings (SSSR count). The summed E-state index contributed by atoms with van der Waals surface area (Å²) in [5, 5.41) is 6.86. The molecule has 2 aromatic carbocycles. The highest BCUT2D eigenvalue weighted by atomic mass is 19.4. The second-order valence-electron chi connectivity index (χ2n) is 6.21. The summed E-state index contributed by atoms with van der Waals surface area (Å²) in [6.07, 6.45) is -3.16. The number of aryl methyl sites for hydroxylation is 1. The van der Waals surface area contributed by atoms with Crippen LogP contribution in [0, 0.1) is 0 Å². The van der Waals surface area contributed by atoms with Gasteiger partial charge in [-0.15, -0.1) is 13.2 Å². The molecular formula is C20H19F3N4O3. The van der Waals surface area contributed by atoms with Gasteiger partial charge in [0, 0.05) is 36.6 Å². The Bertz CT molecular complexity index is 1020. The first-order chi connectivity index (χ1) is 14.3. The molecule has 0 aliphatic rings. The molecule has 0 aliphatic carbocycles. The molecule has 0 aliphatic heterocycles. The number of benzene rings is 2. The number of hydrogen-bond donors (Lipinski definition) is 2. The van der Waals surface area contributed by atoms with Crippen LogP contribution in [0.3, 0.4) is 0 Å². The molecule has 0 spiro atoms. The Morgan fingerprint density at radius 2 is 1.90 bits per heavy atom. The van der Waals surface area contributed by atoms with Crippen LogP contribution in [0.2, 0.25) is 0 Å². The summed E-state index contributed by atoms with van der Waals surface area (Å²) in [4.78, 5) is 12.5. The fourth-order valence-corrected chi connectivity index (χ4v) is 2.75. The smallest absolute Gasteiger partial charge is 0.492 e. The monoisotopic (exact) mass is 420 g/mol. The van der Waals surface area contributed by atoms with E-state index in [4.69, 9.17) is 10.5 Å². The maximum atomic E-state index is 12.5. The van der Waals surface area contributed by atoms with Gasteiger partial charge in [0.15, 0.2) is 0 Å². The second kappa shape index (κ2) is 8.87. The van der Waals surface area contributed by atoms with Crippen LogP contribution in [0.25, 0.3) is 11.3 Å². The van der Waals surface area contributed by atoms with Crippen LogP contribution in [-0.2, 0) is 7.05 Å². The van der Waals surface area contributed by atoms with Gasteiger partial charge >= 0.3 is 6.36 Å². The van der Waals surface area contributed by atoms with Crippen molar-refractivity contribution < 1.29 is 27.4 Å². The molecule has 3 aromatic rings. The number of hydrogen-bond acceptors (Lipinski definition) is 5. The van der Waals surface area contributed by atoms with Gasteiger partial charge < -0.3 is 20.5 Å². The summed E-state index contributed by atoms with van der Waals surface area (Å²) < 4.78 is 47.9. The van der Waals surface area contributed by atoms with Crippen molar-refractivity contribution in [3.05, 3.63) is 60.3 Å². The average molecular weight is 420 g/mol. The quantitative estimate of drug-likeness (QED) is 0.610. The SMILES string of the molecule is Cn1nccc1-c1cc(NC(=O)c2ccc(OC(F)(F)F)cc2)ccc1OCCN. The Morgan fingerprint density at radius 3 is 2.50 bits per heavy atom. The number of carbonyl (C=O) groups is 1. The van der Waals surface area contributed by atoms with E-state index in [9.17, 15) is 18.0 Å². The lowest BCUT2D eigenvalue weighted by Crippen LogP contribution is -2.17. The Labute approximate surface area is 170 Å². The summed E-state index contributed by atoms with van der Waals surface area (Å²) in [6, 6.07) is 11.5. The fourth-order valence-electron chi connectivity index (χ4n) is 2.75. The number of carbonyl (C=O) groups excluding carboxylic acids is 1. The van der Waals surface area contributed by atoms with Gasteiger partial charge in [-0.1, -0.05) is 0 Å². The Morgan fingerprint density at radius 1 is 1.17 bits per heavy atom. The van der Waals surface area contributed by atoms with E-state index in [1.165, 1.54) is 12.1 Å². The van der Waals surface area contributed by atoms with Crippen LogP contribution >= 0.6 is 0 Å². The molecule has 0 bridgehead atoms. The highest BCUT2D eigenvalue weighted by molar-refractivity contribution is 6.04. The zero-order valence-electron chi connectivity index (χ0n) is 15.9. The maximum Gasteiger partial charge on any atom is 0.573 e. The molecule has 158 valence electrons. The van der Waals surface area contributed by atoms with Gasteiger partial charge in [-0.05, 0) is 48.5 Å². The Kier molecular flexibility index (Phi) is 6.26. The van der Waals surface area contributed by atoms with Crippen LogP contribution in [0.4, 0.5) is 18.9 Å². The molecular weight excluding hydrogens is 401 g/mol. The minimum atomic E-state index is -4.79. The van der Waals surface area contributed by atoms with Crippen LogP contribution in [0.1, 0.15) is 10.4 Å². The van der Waals surface area contributed by atoms with Crippen LogP contribution in [0.5, 0.6) is 11.5 Å². The third-order valence-corrected chi connectivity index (χ3v) is 4.06.